The second kappa shape index (κ2) is 7.60. The fourth-order valence-electron chi connectivity index (χ4n) is 5.01. The molecule has 2 aliphatic rings. The number of piperidine rings is 1. The number of aromatic nitrogens is 1. The lowest BCUT2D eigenvalue weighted by atomic mass is 10.1. The quantitative estimate of drug-likeness (QED) is 0.458. The Morgan fingerprint density at radius 2 is 2.00 bits per heavy atom. The van der Waals surface area contributed by atoms with Gasteiger partial charge in [-0.3, -0.25) is 9.59 Å². The molecule has 3 atom stereocenters. The molecule has 4 heterocycles. The van der Waals surface area contributed by atoms with E-state index in [1.54, 1.807) is 22.7 Å². The first-order valence-corrected chi connectivity index (χ1v) is 12.6. The molecule has 0 unspecified atom stereocenters. The van der Waals surface area contributed by atoms with Crippen LogP contribution in [0, 0.1) is 18.8 Å². The van der Waals surface area contributed by atoms with Crippen molar-refractivity contribution in [1.82, 2.24) is 14.6 Å². The van der Waals surface area contributed by atoms with Gasteiger partial charge in [-0.1, -0.05) is 29.8 Å². The van der Waals surface area contributed by atoms with Crippen molar-refractivity contribution in [3.63, 3.8) is 0 Å². The van der Waals surface area contributed by atoms with Gasteiger partial charge in [0.2, 0.25) is 0 Å². The van der Waals surface area contributed by atoms with Crippen molar-refractivity contribution in [3.05, 3.63) is 76.2 Å². The molecule has 0 spiro atoms. The Kier molecular flexibility index (Phi) is 4.69. The molecule has 6 rings (SSSR count). The number of hydrogen-bond donors (Lipinski definition) is 1. The molecule has 1 saturated carbocycles. The van der Waals surface area contributed by atoms with Crippen LogP contribution in [0.2, 0.25) is 0 Å². The summed E-state index contributed by atoms with van der Waals surface area (Å²) in [5.41, 5.74) is 3.74. The number of carbonyl (C=O) groups excluding carboxylic acids is 2. The highest BCUT2D eigenvalue weighted by molar-refractivity contribution is 7.16. The molecule has 32 heavy (non-hydrogen) atoms. The second-order valence-corrected chi connectivity index (χ2v) is 10.6. The third-order valence-corrected chi connectivity index (χ3v) is 8.60. The number of likely N-dealkylation sites (tertiary alicyclic amines) is 1. The molecule has 7 heteroatoms. The number of hydrogen-bond acceptors (Lipinski definition) is 4. The summed E-state index contributed by atoms with van der Waals surface area (Å²) in [6.45, 7) is 3.35. The highest BCUT2D eigenvalue weighted by atomic mass is 32.1. The van der Waals surface area contributed by atoms with Gasteiger partial charge in [0, 0.05) is 35.7 Å². The van der Waals surface area contributed by atoms with Crippen LogP contribution in [-0.2, 0) is 0 Å². The molecule has 0 bridgehead atoms. The van der Waals surface area contributed by atoms with E-state index in [4.69, 9.17) is 0 Å². The first-order chi connectivity index (χ1) is 15.6. The average molecular weight is 462 g/mol. The van der Waals surface area contributed by atoms with Crippen LogP contribution in [0.1, 0.15) is 32.7 Å². The minimum atomic E-state index is -0.0672. The van der Waals surface area contributed by atoms with Gasteiger partial charge in [-0.05, 0) is 48.3 Å². The number of nitrogens with one attached hydrogen (secondary N) is 1. The van der Waals surface area contributed by atoms with Crippen LogP contribution in [0.4, 0.5) is 0 Å². The molecular formula is C25H23N3O2S2. The largest absolute Gasteiger partial charge is 0.350 e. The van der Waals surface area contributed by atoms with Gasteiger partial charge in [-0.2, -0.15) is 0 Å². The summed E-state index contributed by atoms with van der Waals surface area (Å²) in [4.78, 5) is 30.4. The van der Waals surface area contributed by atoms with Crippen LogP contribution in [0.25, 0.3) is 15.3 Å². The first kappa shape index (κ1) is 19.8. The second-order valence-electron chi connectivity index (χ2n) is 8.77. The molecule has 1 aliphatic heterocycles. The van der Waals surface area contributed by atoms with Gasteiger partial charge >= 0.3 is 0 Å². The topological polar surface area (TPSA) is 53.8 Å². The lowest BCUT2D eigenvalue weighted by Gasteiger charge is -2.28. The number of aryl methyl sites for hydroxylation is 1. The molecule has 162 valence electrons. The zero-order valence-corrected chi connectivity index (χ0v) is 19.3. The lowest BCUT2D eigenvalue weighted by molar-refractivity contribution is 0.0696. The van der Waals surface area contributed by atoms with Crippen molar-refractivity contribution in [2.45, 2.75) is 19.4 Å². The molecule has 3 aromatic heterocycles. The molecular weight excluding hydrogens is 438 g/mol. The summed E-state index contributed by atoms with van der Waals surface area (Å²) in [5.74, 6) is 1.08. The van der Waals surface area contributed by atoms with Gasteiger partial charge in [-0.15, -0.1) is 22.7 Å². The van der Waals surface area contributed by atoms with Crippen molar-refractivity contribution in [2.75, 3.05) is 13.1 Å². The van der Waals surface area contributed by atoms with Crippen LogP contribution >= 0.6 is 22.7 Å². The summed E-state index contributed by atoms with van der Waals surface area (Å²) in [6.07, 6.45) is 5.02. The van der Waals surface area contributed by atoms with E-state index in [-0.39, 0.29) is 17.9 Å². The summed E-state index contributed by atoms with van der Waals surface area (Å²) in [7, 11) is 0. The van der Waals surface area contributed by atoms with Crippen molar-refractivity contribution in [3.8, 4) is 10.4 Å². The molecule has 2 fully saturated rings. The molecule has 4 aromatic rings. The van der Waals surface area contributed by atoms with Crippen molar-refractivity contribution >= 4 is 39.3 Å². The fourth-order valence-corrected chi connectivity index (χ4v) is 6.75. The maximum Gasteiger partial charge on any atom is 0.255 e. The van der Waals surface area contributed by atoms with Crippen LogP contribution in [-0.4, -0.2) is 40.2 Å². The third-order valence-electron chi connectivity index (χ3n) is 6.72. The molecule has 1 saturated heterocycles. The fraction of sp³-hybridized carbons (Fsp3) is 0.280. The van der Waals surface area contributed by atoms with Gasteiger partial charge in [0.25, 0.3) is 11.8 Å². The van der Waals surface area contributed by atoms with Crippen LogP contribution in [0.5, 0.6) is 0 Å². The number of thiazole rings is 1. The number of fused-ring (bicyclic) bond motifs is 2. The number of carbonyl (C=O) groups is 2. The zero-order chi connectivity index (χ0) is 21.8. The third kappa shape index (κ3) is 3.27. The first-order valence-electron chi connectivity index (χ1n) is 10.9. The molecule has 1 aromatic carbocycles. The lowest BCUT2D eigenvalue weighted by Crippen LogP contribution is -2.45. The van der Waals surface area contributed by atoms with Crippen molar-refractivity contribution < 1.29 is 9.59 Å². The Morgan fingerprint density at radius 3 is 2.88 bits per heavy atom. The van der Waals surface area contributed by atoms with Gasteiger partial charge in [-0.25, -0.2) is 0 Å². The maximum atomic E-state index is 13.6. The van der Waals surface area contributed by atoms with E-state index < -0.39 is 0 Å². The highest BCUT2D eigenvalue weighted by Crippen LogP contribution is 2.50. The number of thiophene rings is 1. The van der Waals surface area contributed by atoms with Crippen LogP contribution < -0.4 is 5.32 Å². The number of benzene rings is 1. The van der Waals surface area contributed by atoms with E-state index >= 15 is 0 Å². The predicted molar refractivity (Wildman–Crippen MR) is 129 cm³/mol. The molecule has 0 radical (unpaired) electrons. The molecule has 5 nitrogen and oxygen atoms in total. The Balaban J connectivity index is 1.21. The van der Waals surface area contributed by atoms with E-state index in [2.05, 4.69) is 30.4 Å². The summed E-state index contributed by atoms with van der Waals surface area (Å²) in [5, 5.41) is 7.09. The molecule has 2 amide bonds. The highest BCUT2D eigenvalue weighted by Gasteiger charge is 2.54. The summed E-state index contributed by atoms with van der Waals surface area (Å²) < 4.78 is 1.96. The normalized spacial score (nSPS) is 21.7. The smallest absolute Gasteiger partial charge is 0.255 e. The zero-order valence-electron chi connectivity index (χ0n) is 17.7. The molecule has 1 N–H and O–H groups in total. The standard InChI is InChI=1S/C25H23N3O2S2/c1-15-3-2-4-16(11-15)22-18(6-9-31-22)24(30)28-14-17-12-20(17)21(28)13-26-23(29)19-5-7-27-8-10-32-25(19)27/h2-11,17,20-21H,12-14H2,1H3,(H,26,29)/t17-,20-,21+/m0/s1. The SMILES string of the molecule is Cc1cccc(-c2sccc2C(=O)N2C[C@@H]3C[C@@H]3[C@H]2CNC(=O)c2ccn3ccsc23)c1. The van der Waals surface area contributed by atoms with Crippen molar-refractivity contribution in [1.29, 1.82) is 0 Å². The minimum Gasteiger partial charge on any atom is -0.350 e. The van der Waals surface area contributed by atoms with Crippen LogP contribution in [0.3, 0.4) is 0 Å². The molecule has 1 aliphatic carbocycles. The minimum absolute atomic E-state index is 0.0585. The summed E-state index contributed by atoms with van der Waals surface area (Å²) in [6, 6.07) is 12.2. The van der Waals surface area contributed by atoms with E-state index in [1.165, 1.54) is 5.56 Å². The predicted octanol–water partition coefficient (Wildman–Crippen LogP) is 4.93. The van der Waals surface area contributed by atoms with E-state index in [0.29, 0.717) is 23.9 Å². The number of amides is 2. The maximum absolute atomic E-state index is 13.6. The van der Waals surface area contributed by atoms with Gasteiger partial charge in [0.15, 0.2) is 0 Å². The monoisotopic (exact) mass is 461 g/mol. The average Bonchev–Trinajstić information content (AvgIpc) is 3.26. The Morgan fingerprint density at radius 1 is 1.09 bits per heavy atom. The Labute approximate surface area is 194 Å². The number of nitrogens with zero attached hydrogens (tertiary/aromatic N) is 2. The van der Waals surface area contributed by atoms with Gasteiger partial charge in [0.05, 0.1) is 17.2 Å². The Hall–Kier alpha value is -2.90. The van der Waals surface area contributed by atoms with E-state index in [0.717, 1.165) is 33.8 Å². The van der Waals surface area contributed by atoms with Crippen LogP contribution in [0.15, 0.2) is 59.6 Å². The van der Waals surface area contributed by atoms with Crippen molar-refractivity contribution in [2.24, 2.45) is 11.8 Å². The Bertz CT molecular complexity index is 1330. The van der Waals surface area contributed by atoms with Gasteiger partial charge < -0.3 is 14.6 Å². The summed E-state index contributed by atoms with van der Waals surface area (Å²) >= 11 is 3.17. The van der Waals surface area contributed by atoms with E-state index in [1.807, 2.05) is 50.7 Å². The van der Waals surface area contributed by atoms with Gasteiger partial charge in [0.1, 0.15) is 4.83 Å². The number of rotatable bonds is 5. The van der Waals surface area contributed by atoms with E-state index in [9.17, 15) is 9.59 Å².